The zero-order valence-electron chi connectivity index (χ0n) is 16.9. The molecule has 1 fully saturated rings. The number of carbonyl (C=O) groups is 1. The van der Waals surface area contributed by atoms with Crippen LogP contribution in [-0.2, 0) is 24.2 Å². The summed E-state index contributed by atoms with van der Waals surface area (Å²) in [5.41, 5.74) is 2.15. The van der Waals surface area contributed by atoms with Crippen LogP contribution in [-0.4, -0.2) is 61.1 Å². The molecule has 2 aromatic rings. The number of amides is 1. The minimum absolute atomic E-state index is 0.200. The van der Waals surface area contributed by atoms with E-state index in [4.69, 9.17) is 9.47 Å². The second kappa shape index (κ2) is 9.89. The van der Waals surface area contributed by atoms with Crippen LogP contribution in [0.15, 0.2) is 23.6 Å². The third-order valence-corrected chi connectivity index (χ3v) is 6.15. The van der Waals surface area contributed by atoms with Crippen molar-refractivity contribution in [2.24, 2.45) is 0 Å². The predicted octanol–water partition coefficient (Wildman–Crippen LogP) is 3.00. The lowest BCUT2D eigenvalue weighted by Crippen LogP contribution is -2.48. The van der Waals surface area contributed by atoms with Crippen molar-refractivity contribution in [3.63, 3.8) is 0 Å². The second-order valence-electron chi connectivity index (χ2n) is 6.90. The molecule has 3 rings (SSSR count). The number of carbonyl (C=O) groups excluding carboxylic acids is 1. The number of aromatic nitrogens is 1. The summed E-state index contributed by atoms with van der Waals surface area (Å²) >= 11 is 1.73. The first-order chi connectivity index (χ1) is 13.6. The molecular formula is C21H29N3O3S. The lowest BCUT2D eigenvalue weighted by atomic mass is 10.1. The number of hydrogen-bond acceptors (Lipinski definition) is 6. The number of thiazole rings is 1. The Morgan fingerprint density at radius 2 is 1.96 bits per heavy atom. The Bertz CT molecular complexity index is 785. The third-order valence-electron chi connectivity index (χ3n) is 5.11. The van der Waals surface area contributed by atoms with Gasteiger partial charge in [0.05, 0.1) is 24.9 Å². The van der Waals surface area contributed by atoms with Crippen molar-refractivity contribution in [3.05, 3.63) is 39.8 Å². The number of piperazine rings is 1. The van der Waals surface area contributed by atoms with Crippen LogP contribution in [0, 0.1) is 0 Å². The third kappa shape index (κ3) is 5.02. The SMILES string of the molecule is CCc1nc(CN2CCN(C(=O)CCc3cccc(OC)c3OC)CC2)cs1. The molecule has 0 radical (unpaired) electrons. The summed E-state index contributed by atoms with van der Waals surface area (Å²) in [6.45, 7) is 6.35. The zero-order chi connectivity index (χ0) is 19.9. The minimum Gasteiger partial charge on any atom is -0.493 e. The first kappa shape index (κ1) is 20.6. The van der Waals surface area contributed by atoms with E-state index in [0.29, 0.717) is 18.6 Å². The van der Waals surface area contributed by atoms with E-state index >= 15 is 0 Å². The number of nitrogens with zero attached hydrogens (tertiary/aromatic N) is 3. The maximum atomic E-state index is 12.7. The molecule has 152 valence electrons. The number of rotatable bonds is 8. The Balaban J connectivity index is 1.48. The van der Waals surface area contributed by atoms with Crippen LogP contribution in [0.4, 0.5) is 0 Å². The van der Waals surface area contributed by atoms with Crippen molar-refractivity contribution in [3.8, 4) is 11.5 Å². The summed E-state index contributed by atoms with van der Waals surface area (Å²) in [6, 6.07) is 5.79. The highest BCUT2D eigenvalue weighted by molar-refractivity contribution is 7.09. The summed E-state index contributed by atoms with van der Waals surface area (Å²) < 4.78 is 10.8. The molecule has 2 heterocycles. The highest BCUT2D eigenvalue weighted by atomic mass is 32.1. The molecule has 28 heavy (non-hydrogen) atoms. The average Bonchev–Trinajstić information content (AvgIpc) is 3.19. The molecule has 0 saturated carbocycles. The second-order valence-corrected chi connectivity index (χ2v) is 7.84. The smallest absolute Gasteiger partial charge is 0.222 e. The fourth-order valence-electron chi connectivity index (χ4n) is 3.52. The molecular weight excluding hydrogens is 374 g/mol. The minimum atomic E-state index is 0.200. The Morgan fingerprint density at radius 1 is 1.18 bits per heavy atom. The molecule has 0 unspecified atom stereocenters. The van der Waals surface area contributed by atoms with Crippen LogP contribution in [0.5, 0.6) is 11.5 Å². The van der Waals surface area contributed by atoms with Gasteiger partial charge in [0, 0.05) is 44.5 Å². The lowest BCUT2D eigenvalue weighted by Gasteiger charge is -2.34. The topological polar surface area (TPSA) is 54.9 Å². The quantitative estimate of drug-likeness (QED) is 0.678. The predicted molar refractivity (Wildman–Crippen MR) is 111 cm³/mol. The van der Waals surface area contributed by atoms with Crippen molar-refractivity contribution in [2.45, 2.75) is 32.7 Å². The molecule has 0 N–H and O–H groups in total. The van der Waals surface area contributed by atoms with E-state index < -0.39 is 0 Å². The Kier molecular flexibility index (Phi) is 7.28. The van der Waals surface area contributed by atoms with Gasteiger partial charge >= 0.3 is 0 Å². The van der Waals surface area contributed by atoms with E-state index in [0.717, 1.165) is 56.2 Å². The fourth-order valence-corrected chi connectivity index (χ4v) is 4.25. The Hall–Kier alpha value is -2.12. The van der Waals surface area contributed by atoms with Crippen molar-refractivity contribution >= 4 is 17.2 Å². The van der Waals surface area contributed by atoms with E-state index in [9.17, 15) is 4.79 Å². The number of para-hydroxylation sites is 1. The highest BCUT2D eigenvalue weighted by Gasteiger charge is 2.22. The van der Waals surface area contributed by atoms with Gasteiger partial charge in [0.1, 0.15) is 0 Å². The monoisotopic (exact) mass is 403 g/mol. The zero-order valence-corrected chi connectivity index (χ0v) is 17.8. The van der Waals surface area contributed by atoms with Crippen LogP contribution in [0.2, 0.25) is 0 Å². The Labute approximate surface area is 171 Å². The maximum absolute atomic E-state index is 12.7. The van der Waals surface area contributed by atoms with Gasteiger partial charge in [-0.3, -0.25) is 9.69 Å². The van der Waals surface area contributed by atoms with Crippen LogP contribution >= 0.6 is 11.3 Å². The maximum Gasteiger partial charge on any atom is 0.222 e. The standard InChI is InChI=1S/C21H29N3O3S/c1-4-19-22-17(15-28-19)14-23-10-12-24(13-11-23)20(25)9-8-16-6-5-7-18(26-2)21(16)27-3/h5-7,15H,4,8-14H2,1-3H3. The summed E-state index contributed by atoms with van der Waals surface area (Å²) in [5, 5.41) is 3.34. The molecule has 0 atom stereocenters. The number of ether oxygens (including phenoxy) is 2. The van der Waals surface area contributed by atoms with Gasteiger partial charge in [-0.05, 0) is 24.5 Å². The number of methoxy groups -OCH3 is 2. The molecule has 7 heteroatoms. The molecule has 1 aromatic carbocycles. The fraction of sp³-hybridized carbons (Fsp3) is 0.524. The van der Waals surface area contributed by atoms with Gasteiger partial charge in [-0.25, -0.2) is 4.98 Å². The average molecular weight is 404 g/mol. The molecule has 0 aliphatic carbocycles. The van der Waals surface area contributed by atoms with Crippen LogP contribution in [0.3, 0.4) is 0 Å². The number of hydrogen-bond donors (Lipinski definition) is 0. The van der Waals surface area contributed by atoms with Crippen LogP contribution < -0.4 is 9.47 Å². The summed E-state index contributed by atoms with van der Waals surface area (Å²) in [6.07, 6.45) is 2.12. The van der Waals surface area contributed by atoms with E-state index in [-0.39, 0.29) is 5.91 Å². The Morgan fingerprint density at radius 3 is 2.61 bits per heavy atom. The van der Waals surface area contributed by atoms with Gasteiger partial charge in [0.2, 0.25) is 5.91 Å². The summed E-state index contributed by atoms with van der Waals surface area (Å²) in [5.74, 6) is 1.62. The van der Waals surface area contributed by atoms with Gasteiger partial charge in [-0.1, -0.05) is 19.1 Å². The van der Waals surface area contributed by atoms with Gasteiger partial charge in [0.25, 0.3) is 0 Å². The lowest BCUT2D eigenvalue weighted by molar-refractivity contribution is -0.133. The van der Waals surface area contributed by atoms with Gasteiger partial charge < -0.3 is 14.4 Å². The highest BCUT2D eigenvalue weighted by Crippen LogP contribution is 2.31. The van der Waals surface area contributed by atoms with E-state index in [1.807, 2.05) is 23.1 Å². The molecule has 6 nitrogen and oxygen atoms in total. The van der Waals surface area contributed by atoms with Crippen LogP contribution in [0.1, 0.15) is 29.6 Å². The molecule has 0 bridgehead atoms. The van der Waals surface area contributed by atoms with Gasteiger partial charge in [-0.2, -0.15) is 0 Å². The first-order valence-corrected chi connectivity index (χ1v) is 10.7. The molecule has 1 aliphatic rings. The van der Waals surface area contributed by atoms with Gasteiger partial charge in [-0.15, -0.1) is 11.3 Å². The molecule has 1 aromatic heterocycles. The summed E-state index contributed by atoms with van der Waals surface area (Å²) in [7, 11) is 3.26. The van der Waals surface area contributed by atoms with E-state index in [1.54, 1.807) is 25.6 Å². The molecule has 1 amide bonds. The summed E-state index contributed by atoms with van der Waals surface area (Å²) in [4.78, 5) is 21.7. The molecule has 0 spiro atoms. The number of benzene rings is 1. The number of aryl methyl sites for hydroxylation is 2. The van der Waals surface area contributed by atoms with E-state index in [2.05, 4.69) is 22.2 Å². The molecule has 1 saturated heterocycles. The van der Waals surface area contributed by atoms with Crippen molar-refractivity contribution in [1.82, 2.24) is 14.8 Å². The molecule has 1 aliphatic heterocycles. The van der Waals surface area contributed by atoms with Crippen LogP contribution in [0.25, 0.3) is 0 Å². The van der Waals surface area contributed by atoms with Crippen molar-refractivity contribution in [2.75, 3.05) is 40.4 Å². The van der Waals surface area contributed by atoms with E-state index in [1.165, 1.54) is 5.01 Å². The van der Waals surface area contributed by atoms with Crippen molar-refractivity contribution in [1.29, 1.82) is 0 Å². The first-order valence-electron chi connectivity index (χ1n) is 9.77. The van der Waals surface area contributed by atoms with Crippen molar-refractivity contribution < 1.29 is 14.3 Å². The largest absolute Gasteiger partial charge is 0.493 e. The normalized spacial score (nSPS) is 14.9. The van der Waals surface area contributed by atoms with Gasteiger partial charge in [0.15, 0.2) is 11.5 Å².